The lowest BCUT2D eigenvalue weighted by atomic mass is 10.7. The monoisotopic (exact) mass is 154 g/mol. The molecule has 0 rings (SSSR count). The van der Waals surface area contributed by atoms with Crippen molar-refractivity contribution in [2.75, 3.05) is 6.61 Å². The van der Waals surface area contributed by atoms with Gasteiger partial charge in [0.15, 0.2) is 6.61 Å². The zero-order valence-corrected chi connectivity index (χ0v) is 4.71. The van der Waals surface area contributed by atoms with Crippen LogP contribution in [0.4, 0.5) is 8.78 Å². The Morgan fingerprint density at radius 1 is 1.50 bits per heavy atom. The van der Waals surface area contributed by atoms with Gasteiger partial charge in [-0.05, 0) is 0 Å². The molecule has 0 atom stereocenters. The van der Waals surface area contributed by atoms with Gasteiger partial charge in [0.2, 0.25) is 0 Å². The predicted molar refractivity (Wildman–Crippen MR) is 24.6 cm³/mol. The Hall–Kier alpha value is -1.20. The fraction of sp³-hybridized carbons (Fsp3) is 0.500. The maximum atomic E-state index is 11.2. The Morgan fingerprint density at radius 2 is 2.00 bits per heavy atom. The maximum Gasteiger partial charge on any atom is 0.417 e. The number of ether oxygens (including phenoxy) is 1. The van der Waals surface area contributed by atoms with Crippen molar-refractivity contribution in [2.24, 2.45) is 0 Å². The third-order valence-electron chi connectivity index (χ3n) is 0.515. The molecule has 1 N–H and O–H groups in total. The average molecular weight is 154 g/mol. The molecule has 4 nitrogen and oxygen atoms in total. The molecule has 0 aromatic heterocycles. The molecule has 0 fully saturated rings. The lowest BCUT2D eigenvalue weighted by Gasteiger charge is -1.97. The third kappa shape index (κ3) is 3.76. The highest BCUT2D eigenvalue weighted by Gasteiger charge is 2.14. The molecule has 6 heteroatoms. The Morgan fingerprint density at radius 3 is 2.30 bits per heavy atom. The predicted octanol–water partition coefficient (Wildman–Crippen LogP) is -0.121. The fourth-order valence-electron chi connectivity index (χ4n) is 0.200. The zero-order valence-electron chi connectivity index (χ0n) is 4.71. The summed E-state index contributed by atoms with van der Waals surface area (Å²) in [7, 11) is 0. The van der Waals surface area contributed by atoms with Crippen molar-refractivity contribution in [3.8, 4) is 0 Å². The number of halogens is 2. The number of esters is 1. The Labute approximate surface area is 54.4 Å². The summed E-state index contributed by atoms with van der Waals surface area (Å²) in [5.41, 5.74) is 0. The van der Waals surface area contributed by atoms with Crippen LogP contribution >= 0.6 is 0 Å². The van der Waals surface area contributed by atoms with Gasteiger partial charge >= 0.3 is 11.9 Å². The van der Waals surface area contributed by atoms with Crippen LogP contribution in [0.15, 0.2) is 0 Å². The summed E-state index contributed by atoms with van der Waals surface area (Å²) >= 11 is 0. The lowest BCUT2D eigenvalue weighted by Crippen LogP contribution is -2.19. The molecule has 0 aliphatic heterocycles. The van der Waals surface area contributed by atoms with Gasteiger partial charge in [-0.2, -0.15) is 0 Å². The number of hydrogen-bond acceptors (Lipinski definition) is 3. The van der Waals surface area contributed by atoms with E-state index in [2.05, 4.69) is 4.74 Å². The molecular formula is C4H4F2O4. The summed E-state index contributed by atoms with van der Waals surface area (Å²) in [5.74, 6) is -3.54. The summed E-state index contributed by atoms with van der Waals surface area (Å²) in [5, 5.41) is 7.78. The summed E-state index contributed by atoms with van der Waals surface area (Å²) in [6.45, 7) is -1.18. The molecule has 0 unspecified atom stereocenters. The molecule has 0 saturated carbocycles. The van der Waals surface area contributed by atoms with E-state index in [-0.39, 0.29) is 0 Å². The van der Waals surface area contributed by atoms with Gasteiger partial charge in [-0.25, -0.2) is 18.4 Å². The number of carbonyl (C=O) groups is 2. The van der Waals surface area contributed by atoms with Crippen molar-refractivity contribution in [2.45, 2.75) is 6.43 Å². The highest BCUT2D eigenvalue weighted by Crippen LogP contribution is 1.92. The number of rotatable bonds is 2. The number of aliphatic carboxylic acids is 1. The van der Waals surface area contributed by atoms with Crippen molar-refractivity contribution in [1.29, 1.82) is 0 Å². The number of alkyl halides is 2. The van der Waals surface area contributed by atoms with Gasteiger partial charge in [-0.15, -0.1) is 0 Å². The molecule has 0 aromatic rings. The topological polar surface area (TPSA) is 63.6 Å². The number of hydrogen-bond donors (Lipinski definition) is 1. The summed E-state index contributed by atoms with van der Waals surface area (Å²) < 4.78 is 26.0. The highest BCUT2D eigenvalue weighted by atomic mass is 19.3. The van der Waals surface area contributed by atoms with E-state index in [1.165, 1.54) is 0 Å². The minimum atomic E-state index is -2.83. The van der Waals surface area contributed by atoms with Gasteiger partial charge in [0.25, 0.3) is 6.43 Å². The largest absolute Gasteiger partial charge is 0.473 e. The zero-order chi connectivity index (χ0) is 8.15. The van der Waals surface area contributed by atoms with Gasteiger partial charge in [0.1, 0.15) is 0 Å². The molecule has 0 aliphatic carbocycles. The highest BCUT2D eigenvalue weighted by molar-refractivity contribution is 6.28. The second-order valence-electron chi connectivity index (χ2n) is 1.29. The fourth-order valence-corrected chi connectivity index (χ4v) is 0.200. The van der Waals surface area contributed by atoms with E-state index >= 15 is 0 Å². The molecule has 0 aliphatic rings. The van der Waals surface area contributed by atoms with Crippen LogP contribution in [0.3, 0.4) is 0 Å². The van der Waals surface area contributed by atoms with Crippen LogP contribution in [0, 0.1) is 0 Å². The molecular weight excluding hydrogens is 150 g/mol. The Kier molecular flexibility index (Phi) is 3.30. The average Bonchev–Trinajstić information content (AvgIpc) is 1.82. The molecule has 58 valence electrons. The van der Waals surface area contributed by atoms with Crippen LogP contribution < -0.4 is 0 Å². The van der Waals surface area contributed by atoms with Crippen molar-refractivity contribution >= 4 is 11.9 Å². The second kappa shape index (κ2) is 3.76. The first-order valence-electron chi connectivity index (χ1n) is 2.22. The summed E-state index contributed by atoms with van der Waals surface area (Å²) in [4.78, 5) is 19.5. The number of carbonyl (C=O) groups excluding carboxylic acids is 1. The number of carboxylic acids is 1. The van der Waals surface area contributed by atoms with Gasteiger partial charge in [0.05, 0.1) is 0 Å². The smallest absolute Gasteiger partial charge is 0.417 e. The van der Waals surface area contributed by atoms with E-state index in [0.717, 1.165) is 0 Å². The normalized spacial score (nSPS) is 9.50. The van der Waals surface area contributed by atoms with E-state index in [1.54, 1.807) is 0 Å². The van der Waals surface area contributed by atoms with E-state index in [4.69, 9.17) is 5.11 Å². The molecule has 0 aromatic carbocycles. The van der Waals surface area contributed by atoms with Crippen LogP contribution in [-0.2, 0) is 14.3 Å². The third-order valence-corrected chi connectivity index (χ3v) is 0.515. The first kappa shape index (κ1) is 8.80. The van der Waals surface area contributed by atoms with E-state index < -0.39 is 25.0 Å². The van der Waals surface area contributed by atoms with Crippen LogP contribution in [-0.4, -0.2) is 30.1 Å². The summed E-state index contributed by atoms with van der Waals surface area (Å²) in [6, 6.07) is 0. The van der Waals surface area contributed by atoms with E-state index in [0.29, 0.717) is 0 Å². The van der Waals surface area contributed by atoms with Gasteiger partial charge in [-0.1, -0.05) is 0 Å². The Bertz CT molecular complexity index is 144. The minimum absolute atomic E-state index is 1.18. The minimum Gasteiger partial charge on any atom is -0.473 e. The van der Waals surface area contributed by atoms with Crippen molar-refractivity contribution in [3.05, 3.63) is 0 Å². The molecule has 0 heterocycles. The molecule has 0 bridgehead atoms. The quantitative estimate of drug-likeness (QED) is 0.444. The van der Waals surface area contributed by atoms with E-state index in [1.807, 2.05) is 0 Å². The standard InChI is InChI=1S/C4H4F2O4/c5-2(6)1-10-4(9)3(7)8/h2H,1H2,(H,7,8). The maximum absolute atomic E-state index is 11.2. The van der Waals surface area contributed by atoms with Crippen LogP contribution in [0.2, 0.25) is 0 Å². The van der Waals surface area contributed by atoms with Crippen LogP contribution in [0.5, 0.6) is 0 Å². The number of carboxylic acid groups (broad SMARTS) is 1. The second-order valence-corrected chi connectivity index (χ2v) is 1.29. The Balaban J connectivity index is 3.50. The van der Waals surface area contributed by atoms with Gasteiger partial charge < -0.3 is 9.84 Å². The first-order valence-corrected chi connectivity index (χ1v) is 2.22. The van der Waals surface area contributed by atoms with Gasteiger partial charge in [-0.3, -0.25) is 0 Å². The SMILES string of the molecule is O=C(O)C(=O)OCC(F)F. The molecule has 10 heavy (non-hydrogen) atoms. The van der Waals surface area contributed by atoms with E-state index in [9.17, 15) is 18.4 Å². The molecule has 0 spiro atoms. The van der Waals surface area contributed by atoms with Crippen molar-refractivity contribution in [1.82, 2.24) is 0 Å². The molecule has 0 amide bonds. The molecule has 0 radical (unpaired) electrons. The van der Waals surface area contributed by atoms with Crippen molar-refractivity contribution < 1.29 is 28.2 Å². The van der Waals surface area contributed by atoms with Crippen LogP contribution in [0.25, 0.3) is 0 Å². The van der Waals surface area contributed by atoms with Crippen molar-refractivity contribution in [3.63, 3.8) is 0 Å². The summed E-state index contributed by atoms with van der Waals surface area (Å²) in [6.07, 6.45) is -2.83. The lowest BCUT2D eigenvalue weighted by molar-refractivity contribution is -0.166. The molecule has 0 saturated heterocycles. The first-order chi connectivity index (χ1) is 4.54. The van der Waals surface area contributed by atoms with Crippen LogP contribution in [0.1, 0.15) is 0 Å². The van der Waals surface area contributed by atoms with Gasteiger partial charge in [0, 0.05) is 0 Å².